The molecule has 0 amide bonds. The van der Waals surface area contributed by atoms with Crippen LogP contribution in [0.25, 0.3) is 0 Å². The van der Waals surface area contributed by atoms with Gasteiger partial charge in [-0.05, 0) is 37.2 Å². The van der Waals surface area contributed by atoms with Crippen LogP contribution in [0.3, 0.4) is 0 Å². The summed E-state index contributed by atoms with van der Waals surface area (Å²) in [6.45, 7) is 0.629. The number of benzene rings is 1. The molecule has 0 aromatic heterocycles. The molecule has 0 radical (unpaired) electrons. The first-order valence-electron chi connectivity index (χ1n) is 6.61. The topological polar surface area (TPSA) is 43.4 Å². The Kier molecular flexibility index (Phi) is 5.25. The summed E-state index contributed by atoms with van der Waals surface area (Å²) in [4.78, 5) is 0. The summed E-state index contributed by atoms with van der Waals surface area (Å²) in [5.74, 6) is 0.291. The van der Waals surface area contributed by atoms with Crippen LogP contribution in [0.2, 0.25) is 0 Å². The van der Waals surface area contributed by atoms with Crippen molar-refractivity contribution in [3.05, 3.63) is 35.9 Å². The van der Waals surface area contributed by atoms with Gasteiger partial charge in [-0.3, -0.25) is 0 Å². The van der Waals surface area contributed by atoms with E-state index in [2.05, 4.69) is 0 Å². The summed E-state index contributed by atoms with van der Waals surface area (Å²) >= 11 is 0. The molecule has 19 heavy (non-hydrogen) atoms. The quantitative estimate of drug-likeness (QED) is 0.784. The molecule has 0 atom stereocenters. The van der Waals surface area contributed by atoms with Crippen molar-refractivity contribution >= 4 is 19.7 Å². The second-order valence-electron chi connectivity index (χ2n) is 5.14. The van der Waals surface area contributed by atoms with E-state index >= 15 is 0 Å². The van der Waals surface area contributed by atoms with E-state index in [0.29, 0.717) is 6.61 Å². The fraction of sp³-hybridized carbons (Fsp3) is 0.571. The smallest absolute Gasteiger partial charge is 0.232 e. The summed E-state index contributed by atoms with van der Waals surface area (Å²) < 4.78 is 27.9. The van der Waals surface area contributed by atoms with Gasteiger partial charge in [0.1, 0.15) is 0 Å². The normalized spacial score (nSPS) is 24.3. The zero-order valence-electron chi connectivity index (χ0n) is 10.8. The molecule has 1 aliphatic carbocycles. The van der Waals surface area contributed by atoms with Crippen LogP contribution in [0.1, 0.15) is 31.2 Å². The molecule has 0 aliphatic heterocycles. The molecule has 1 aromatic carbocycles. The van der Waals surface area contributed by atoms with Gasteiger partial charge >= 0.3 is 0 Å². The molecule has 5 heteroatoms. The fourth-order valence-corrected chi connectivity index (χ4v) is 3.97. The zero-order chi connectivity index (χ0) is 13.7. The van der Waals surface area contributed by atoms with Crippen LogP contribution >= 0.6 is 10.7 Å². The van der Waals surface area contributed by atoms with Gasteiger partial charge in [0.2, 0.25) is 9.05 Å². The highest BCUT2D eigenvalue weighted by molar-refractivity contribution is 8.13. The molecule has 0 saturated heterocycles. The van der Waals surface area contributed by atoms with Crippen molar-refractivity contribution in [1.29, 1.82) is 0 Å². The SMILES string of the molecule is O=S(=O)(Cl)CC1CCC(OCc2ccccc2)CC1. The van der Waals surface area contributed by atoms with Crippen LogP contribution in [0, 0.1) is 5.92 Å². The van der Waals surface area contributed by atoms with Gasteiger partial charge in [0.15, 0.2) is 0 Å². The van der Waals surface area contributed by atoms with Gasteiger partial charge < -0.3 is 4.74 Å². The van der Waals surface area contributed by atoms with E-state index in [9.17, 15) is 8.42 Å². The summed E-state index contributed by atoms with van der Waals surface area (Å²) in [6.07, 6.45) is 3.85. The predicted octanol–water partition coefficient (Wildman–Crippen LogP) is 3.33. The van der Waals surface area contributed by atoms with Crippen LogP contribution in [0.4, 0.5) is 0 Å². The Labute approximate surface area is 119 Å². The number of hydrogen-bond acceptors (Lipinski definition) is 3. The summed E-state index contributed by atoms with van der Waals surface area (Å²) in [7, 11) is 1.92. The maximum absolute atomic E-state index is 11.0. The van der Waals surface area contributed by atoms with Gasteiger partial charge in [-0.1, -0.05) is 30.3 Å². The van der Waals surface area contributed by atoms with Crippen molar-refractivity contribution in [2.45, 2.75) is 38.4 Å². The van der Waals surface area contributed by atoms with Gasteiger partial charge in [-0.25, -0.2) is 8.42 Å². The van der Waals surface area contributed by atoms with E-state index in [-0.39, 0.29) is 17.8 Å². The minimum Gasteiger partial charge on any atom is -0.374 e. The lowest BCUT2D eigenvalue weighted by Gasteiger charge is -2.27. The van der Waals surface area contributed by atoms with E-state index in [1.165, 1.54) is 5.56 Å². The van der Waals surface area contributed by atoms with Crippen LogP contribution in [-0.2, 0) is 20.4 Å². The molecule has 3 nitrogen and oxygen atoms in total. The summed E-state index contributed by atoms with van der Waals surface area (Å²) in [5.41, 5.74) is 1.17. The first kappa shape index (κ1) is 14.8. The Bertz CT molecular complexity index is 479. The fourth-order valence-electron chi connectivity index (χ4n) is 2.54. The number of rotatable bonds is 5. The van der Waals surface area contributed by atoms with E-state index < -0.39 is 9.05 Å². The summed E-state index contributed by atoms with van der Waals surface area (Å²) in [6, 6.07) is 10.1. The molecule has 1 fully saturated rings. The largest absolute Gasteiger partial charge is 0.374 e. The second-order valence-corrected chi connectivity index (χ2v) is 7.97. The maximum atomic E-state index is 11.0. The third-order valence-electron chi connectivity index (χ3n) is 3.56. The van der Waals surface area contributed by atoms with Gasteiger partial charge in [0, 0.05) is 10.7 Å². The number of halogens is 1. The molecule has 0 heterocycles. The third-order valence-corrected chi connectivity index (χ3v) is 4.80. The monoisotopic (exact) mass is 302 g/mol. The van der Waals surface area contributed by atoms with Crippen molar-refractivity contribution < 1.29 is 13.2 Å². The average molecular weight is 303 g/mol. The van der Waals surface area contributed by atoms with Crippen molar-refractivity contribution in [3.63, 3.8) is 0 Å². The van der Waals surface area contributed by atoms with Crippen LogP contribution < -0.4 is 0 Å². The van der Waals surface area contributed by atoms with Crippen molar-refractivity contribution in [1.82, 2.24) is 0 Å². The minimum atomic E-state index is -3.37. The first-order chi connectivity index (χ1) is 9.03. The lowest BCUT2D eigenvalue weighted by atomic mass is 9.89. The Morgan fingerprint density at radius 3 is 2.32 bits per heavy atom. The molecule has 0 unspecified atom stereocenters. The van der Waals surface area contributed by atoms with Crippen molar-refractivity contribution in [2.24, 2.45) is 5.92 Å². The number of ether oxygens (including phenoxy) is 1. The maximum Gasteiger partial charge on any atom is 0.232 e. The molecule has 1 aromatic rings. The second kappa shape index (κ2) is 6.73. The molecule has 106 valence electrons. The third kappa shape index (κ3) is 5.51. The predicted molar refractivity (Wildman–Crippen MR) is 76.6 cm³/mol. The Hall–Kier alpha value is -0.580. The van der Waals surface area contributed by atoms with E-state index in [4.69, 9.17) is 15.4 Å². The molecule has 1 aliphatic rings. The van der Waals surface area contributed by atoms with E-state index in [1.807, 2.05) is 30.3 Å². The molecule has 0 bridgehead atoms. The first-order valence-corrected chi connectivity index (χ1v) is 9.08. The molecule has 0 spiro atoms. The molecule has 0 N–H and O–H groups in total. The molecular weight excluding hydrogens is 284 g/mol. The van der Waals surface area contributed by atoms with E-state index in [0.717, 1.165) is 25.7 Å². The van der Waals surface area contributed by atoms with Crippen LogP contribution in [0.15, 0.2) is 30.3 Å². The highest BCUT2D eigenvalue weighted by Crippen LogP contribution is 2.28. The highest BCUT2D eigenvalue weighted by Gasteiger charge is 2.25. The minimum absolute atomic E-state index is 0.0972. The Morgan fingerprint density at radius 1 is 1.11 bits per heavy atom. The van der Waals surface area contributed by atoms with Gasteiger partial charge in [-0.2, -0.15) is 0 Å². The highest BCUT2D eigenvalue weighted by atomic mass is 35.7. The van der Waals surface area contributed by atoms with Gasteiger partial charge in [0.05, 0.1) is 18.5 Å². The Morgan fingerprint density at radius 2 is 1.74 bits per heavy atom. The standard InChI is InChI=1S/C14H19ClO3S/c15-19(16,17)11-13-6-8-14(9-7-13)18-10-12-4-2-1-3-5-12/h1-5,13-14H,6-11H2. The lowest BCUT2D eigenvalue weighted by molar-refractivity contribution is 0.00907. The van der Waals surface area contributed by atoms with Crippen molar-refractivity contribution in [3.8, 4) is 0 Å². The van der Waals surface area contributed by atoms with Crippen molar-refractivity contribution in [2.75, 3.05) is 5.75 Å². The average Bonchev–Trinajstić information content (AvgIpc) is 2.37. The van der Waals surface area contributed by atoms with Crippen LogP contribution in [0.5, 0.6) is 0 Å². The molecule has 1 saturated carbocycles. The van der Waals surface area contributed by atoms with Crippen LogP contribution in [-0.4, -0.2) is 20.3 Å². The zero-order valence-corrected chi connectivity index (χ0v) is 12.4. The van der Waals surface area contributed by atoms with Gasteiger partial charge in [-0.15, -0.1) is 0 Å². The molecule has 2 rings (SSSR count). The summed E-state index contributed by atoms with van der Waals surface area (Å²) in [5, 5.41) is 0. The van der Waals surface area contributed by atoms with Gasteiger partial charge in [0.25, 0.3) is 0 Å². The lowest BCUT2D eigenvalue weighted by Crippen LogP contribution is -2.24. The molecular formula is C14H19ClO3S. The number of hydrogen-bond donors (Lipinski definition) is 0. The Balaban J connectivity index is 1.72. The van der Waals surface area contributed by atoms with E-state index in [1.54, 1.807) is 0 Å².